The van der Waals surface area contributed by atoms with Crippen LogP contribution >= 0.6 is 0 Å². The minimum absolute atomic E-state index is 0.158. The summed E-state index contributed by atoms with van der Waals surface area (Å²) in [5.74, 6) is 0. The molecule has 2 aromatic rings. The zero-order valence-electron chi connectivity index (χ0n) is 12.5. The number of aromatic amines is 1. The molecule has 0 bridgehead atoms. The summed E-state index contributed by atoms with van der Waals surface area (Å²) in [6, 6.07) is 0.397. The van der Waals surface area contributed by atoms with Crippen molar-refractivity contribution < 1.29 is 0 Å². The number of H-pyrrole nitrogens is 1. The standard InChI is InChI=1S/C15H21N5O2/c21-14-12-13(17-9-19(12)11-6-7-16-8-11)20(15(22)18-14)10-4-2-1-3-5-10/h9-11,16H,1-8H2,(H,18,21,22). The molecule has 2 aliphatic rings. The molecule has 118 valence electrons. The monoisotopic (exact) mass is 303 g/mol. The predicted octanol–water partition coefficient (Wildman–Crippen LogP) is 0.926. The first-order valence-electron chi connectivity index (χ1n) is 8.18. The molecule has 1 atom stereocenters. The van der Waals surface area contributed by atoms with Crippen LogP contribution in [0, 0.1) is 0 Å². The maximum atomic E-state index is 12.3. The number of aromatic nitrogens is 4. The van der Waals surface area contributed by atoms with Crippen molar-refractivity contribution in [1.29, 1.82) is 0 Å². The Morgan fingerprint density at radius 3 is 2.64 bits per heavy atom. The van der Waals surface area contributed by atoms with Crippen molar-refractivity contribution in [2.45, 2.75) is 50.6 Å². The number of hydrogen-bond acceptors (Lipinski definition) is 4. The first kappa shape index (κ1) is 13.8. The van der Waals surface area contributed by atoms with E-state index < -0.39 is 0 Å². The molecule has 7 nitrogen and oxygen atoms in total. The Morgan fingerprint density at radius 2 is 1.91 bits per heavy atom. The van der Waals surface area contributed by atoms with Gasteiger partial charge in [0.05, 0.1) is 6.33 Å². The molecule has 0 aromatic carbocycles. The van der Waals surface area contributed by atoms with Crippen LogP contribution in [-0.2, 0) is 0 Å². The molecular weight excluding hydrogens is 282 g/mol. The molecule has 2 N–H and O–H groups in total. The fourth-order valence-corrected chi connectivity index (χ4v) is 3.89. The lowest BCUT2D eigenvalue weighted by atomic mass is 9.95. The number of hydrogen-bond donors (Lipinski definition) is 2. The zero-order chi connectivity index (χ0) is 15.1. The van der Waals surface area contributed by atoms with Crippen LogP contribution in [0.3, 0.4) is 0 Å². The second-order valence-corrected chi connectivity index (χ2v) is 6.39. The molecule has 1 aliphatic heterocycles. The van der Waals surface area contributed by atoms with Gasteiger partial charge in [-0.05, 0) is 25.8 Å². The highest BCUT2D eigenvalue weighted by Crippen LogP contribution is 2.29. The third-order valence-corrected chi connectivity index (χ3v) is 5.02. The van der Waals surface area contributed by atoms with Gasteiger partial charge < -0.3 is 9.88 Å². The Kier molecular flexibility index (Phi) is 3.37. The number of nitrogens with zero attached hydrogens (tertiary/aromatic N) is 3. The number of imidazole rings is 1. The van der Waals surface area contributed by atoms with E-state index in [2.05, 4.69) is 15.3 Å². The lowest BCUT2D eigenvalue weighted by molar-refractivity contribution is 0.349. The predicted molar refractivity (Wildman–Crippen MR) is 83.3 cm³/mol. The van der Waals surface area contributed by atoms with Crippen molar-refractivity contribution >= 4 is 11.2 Å². The van der Waals surface area contributed by atoms with Gasteiger partial charge >= 0.3 is 5.69 Å². The third-order valence-electron chi connectivity index (χ3n) is 5.02. The van der Waals surface area contributed by atoms with Gasteiger partial charge in [0.2, 0.25) is 0 Å². The van der Waals surface area contributed by atoms with Crippen molar-refractivity contribution in [1.82, 2.24) is 24.4 Å². The zero-order valence-corrected chi connectivity index (χ0v) is 12.5. The van der Waals surface area contributed by atoms with E-state index in [1.165, 1.54) is 6.42 Å². The molecule has 3 heterocycles. The molecule has 0 amide bonds. The molecule has 0 spiro atoms. The van der Waals surface area contributed by atoms with Crippen LogP contribution in [0.4, 0.5) is 0 Å². The van der Waals surface area contributed by atoms with Crippen molar-refractivity contribution in [3.63, 3.8) is 0 Å². The van der Waals surface area contributed by atoms with E-state index in [1.807, 2.05) is 4.57 Å². The summed E-state index contributed by atoms with van der Waals surface area (Å²) in [6.45, 7) is 1.79. The average Bonchev–Trinajstić information content (AvgIpc) is 3.17. The summed E-state index contributed by atoms with van der Waals surface area (Å²) >= 11 is 0. The maximum absolute atomic E-state index is 12.3. The van der Waals surface area contributed by atoms with Gasteiger partial charge in [0.25, 0.3) is 5.56 Å². The molecule has 1 saturated carbocycles. The molecule has 4 rings (SSSR count). The third kappa shape index (κ3) is 2.11. The number of nitrogens with one attached hydrogen (secondary N) is 2. The van der Waals surface area contributed by atoms with E-state index in [4.69, 9.17) is 0 Å². The van der Waals surface area contributed by atoms with Gasteiger partial charge in [-0.1, -0.05) is 19.3 Å². The topological polar surface area (TPSA) is 84.7 Å². The van der Waals surface area contributed by atoms with Crippen LogP contribution < -0.4 is 16.6 Å². The highest BCUT2D eigenvalue weighted by atomic mass is 16.2. The summed E-state index contributed by atoms with van der Waals surface area (Å²) in [7, 11) is 0. The van der Waals surface area contributed by atoms with Crippen LogP contribution in [0.2, 0.25) is 0 Å². The van der Waals surface area contributed by atoms with Gasteiger partial charge in [-0.2, -0.15) is 0 Å². The van der Waals surface area contributed by atoms with Crippen LogP contribution in [0.5, 0.6) is 0 Å². The van der Waals surface area contributed by atoms with Gasteiger partial charge in [-0.25, -0.2) is 9.78 Å². The molecular formula is C15H21N5O2. The van der Waals surface area contributed by atoms with Crippen LogP contribution in [0.25, 0.3) is 11.2 Å². The normalized spacial score (nSPS) is 23.4. The Balaban J connectivity index is 1.90. The fraction of sp³-hybridized carbons (Fsp3) is 0.667. The molecule has 2 fully saturated rings. The summed E-state index contributed by atoms with van der Waals surface area (Å²) in [5.41, 5.74) is 0.446. The van der Waals surface area contributed by atoms with Gasteiger partial charge in [0.1, 0.15) is 0 Å². The van der Waals surface area contributed by atoms with Crippen molar-refractivity contribution in [3.8, 4) is 0 Å². The lowest BCUT2D eigenvalue weighted by Crippen LogP contribution is -2.34. The van der Waals surface area contributed by atoms with E-state index in [1.54, 1.807) is 10.9 Å². The number of fused-ring (bicyclic) bond motifs is 1. The van der Waals surface area contributed by atoms with E-state index >= 15 is 0 Å². The largest absolute Gasteiger partial charge is 0.330 e. The second-order valence-electron chi connectivity index (χ2n) is 6.39. The molecule has 1 unspecified atom stereocenters. The summed E-state index contributed by atoms with van der Waals surface area (Å²) in [6.07, 6.45) is 8.15. The second kappa shape index (κ2) is 5.39. The highest BCUT2D eigenvalue weighted by Gasteiger charge is 2.25. The Hall–Kier alpha value is -1.89. The van der Waals surface area contributed by atoms with E-state index in [9.17, 15) is 9.59 Å². The first-order valence-corrected chi connectivity index (χ1v) is 8.18. The first-order chi connectivity index (χ1) is 10.8. The van der Waals surface area contributed by atoms with E-state index in [-0.39, 0.29) is 23.3 Å². The van der Waals surface area contributed by atoms with Gasteiger partial charge in [-0.3, -0.25) is 14.3 Å². The minimum Gasteiger partial charge on any atom is -0.320 e. The van der Waals surface area contributed by atoms with Crippen molar-refractivity contribution in [2.75, 3.05) is 13.1 Å². The van der Waals surface area contributed by atoms with E-state index in [0.29, 0.717) is 11.2 Å². The molecule has 0 radical (unpaired) electrons. The highest BCUT2D eigenvalue weighted by molar-refractivity contribution is 5.70. The minimum atomic E-state index is -0.323. The van der Waals surface area contributed by atoms with Gasteiger partial charge in [-0.15, -0.1) is 0 Å². The summed E-state index contributed by atoms with van der Waals surface area (Å²) < 4.78 is 3.65. The van der Waals surface area contributed by atoms with Crippen molar-refractivity contribution in [2.24, 2.45) is 0 Å². The average molecular weight is 303 g/mol. The number of rotatable bonds is 2. The molecule has 7 heteroatoms. The van der Waals surface area contributed by atoms with E-state index in [0.717, 1.165) is 45.2 Å². The molecule has 1 aliphatic carbocycles. The fourth-order valence-electron chi connectivity index (χ4n) is 3.89. The van der Waals surface area contributed by atoms with Crippen LogP contribution in [0.1, 0.15) is 50.6 Å². The Bertz CT molecular complexity index is 790. The van der Waals surface area contributed by atoms with Crippen LogP contribution in [0.15, 0.2) is 15.9 Å². The summed E-state index contributed by atoms with van der Waals surface area (Å²) in [4.78, 5) is 31.6. The molecule has 2 aromatic heterocycles. The van der Waals surface area contributed by atoms with Gasteiger partial charge in [0.15, 0.2) is 11.2 Å². The SMILES string of the molecule is O=c1[nH]c(=O)n(C2CCCCC2)c2ncn(C3CCNC3)c12. The smallest absolute Gasteiger partial charge is 0.320 e. The maximum Gasteiger partial charge on any atom is 0.330 e. The Morgan fingerprint density at radius 1 is 1.09 bits per heavy atom. The molecule has 22 heavy (non-hydrogen) atoms. The van der Waals surface area contributed by atoms with Crippen molar-refractivity contribution in [3.05, 3.63) is 27.2 Å². The lowest BCUT2D eigenvalue weighted by Gasteiger charge is -2.23. The van der Waals surface area contributed by atoms with Crippen LogP contribution in [-0.4, -0.2) is 32.2 Å². The summed E-state index contributed by atoms with van der Waals surface area (Å²) in [5, 5.41) is 3.30. The Labute approximate surface area is 127 Å². The van der Waals surface area contributed by atoms with Gasteiger partial charge in [0, 0.05) is 18.6 Å². The molecule has 1 saturated heterocycles. The quantitative estimate of drug-likeness (QED) is 0.864.